The number of hydrogen-bond acceptors (Lipinski definition) is 3. The lowest BCUT2D eigenvalue weighted by molar-refractivity contribution is -0.926. The number of benzene rings is 1. The molecule has 0 amide bonds. The molecular weight excluding hydrogens is 266 g/mol. The van der Waals surface area contributed by atoms with Crippen molar-refractivity contribution in [3.8, 4) is 0 Å². The molecule has 4 nitrogen and oxygen atoms in total. The van der Waals surface area contributed by atoms with Crippen LogP contribution in [0.3, 0.4) is 0 Å². The summed E-state index contributed by atoms with van der Waals surface area (Å²) < 4.78 is 5.60. The number of Topliss-reactive ketones (excluding diaryl/α,β-unsaturated/α-hetero) is 1. The lowest BCUT2D eigenvalue weighted by Gasteiger charge is -2.42. The van der Waals surface area contributed by atoms with E-state index in [0.717, 1.165) is 13.0 Å². The molecule has 1 aromatic carbocycles. The van der Waals surface area contributed by atoms with Crippen LogP contribution in [0.2, 0.25) is 0 Å². The van der Waals surface area contributed by atoms with E-state index >= 15 is 0 Å². The van der Waals surface area contributed by atoms with E-state index in [0.29, 0.717) is 6.04 Å². The van der Waals surface area contributed by atoms with Gasteiger partial charge < -0.3 is 9.64 Å². The minimum Gasteiger partial charge on any atom is -0.452 e. The summed E-state index contributed by atoms with van der Waals surface area (Å²) in [7, 11) is 2.13. The Hall–Kier alpha value is -1.68. The van der Waals surface area contributed by atoms with E-state index in [9.17, 15) is 9.59 Å². The monoisotopic (exact) mass is 288 g/mol. The average Bonchev–Trinajstić information content (AvgIpc) is 2.67. The number of fused-ring (bicyclic) bond motifs is 1. The number of ether oxygens (including phenoxy) is 1. The normalized spacial score (nSPS) is 38.7. The molecular formula is C17H22NO3+. The molecule has 1 aromatic rings. The maximum absolute atomic E-state index is 12.1. The molecule has 0 spiro atoms. The first-order valence-corrected chi connectivity index (χ1v) is 7.53. The number of likely N-dealkylation sites (N-methyl/N-ethyl adjacent to an activating group) is 1. The van der Waals surface area contributed by atoms with Crippen molar-refractivity contribution in [2.24, 2.45) is 11.8 Å². The quantitative estimate of drug-likeness (QED) is 0.646. The largest absolute Gasteiger partial charge is 0.452 e. The van der Waals surface area contributed by atoms with E-state index in [1.165, 1.54) is 17.4 Å². The molecule has 2 aliphatic rings. The molecule has 2 saturated heterocycles. The minimum atomic E-state index is -0.589. The number of rotatable bonds is 2. The fourth-order valence-corrected chi connectivity index (χ4v) is 4.13. The van der Waals surface area contributed by atoms with E-state index < -0.39 is 11.5 Å². The smallest absolute Gasteiger partial charge is 0.317 e. The van der Waals surface area contributed by atoms with Crippen molar-refractivity contribution in [1.82, 2.24) is 0 Å². The number of carbonyl (C=O) groups is 2. The molecule has 0 aromatic heterocycles. The van der Waals surface area contributed by atoms with Gasteiger partial charge in [-0.05, 0) is 13.8 Å². The topological polar surface area (TPSA) is 47.8 Å². The summed E-state index contributed by atoms with van der Waals surface area (Å²) in [6.45, 7) is 4.22. The van der Waals surface area contributed by atoms with Gasteiger partial charge in [-0.15, -0.1) is 0 Å². The van der Waals surface area contributed by atoms with Crippen LogP contribution < -0.4 is 4.90 Å². The zero-order chi connectivity index (χ0) is 15.2. The van der Waals surface area contributed by atoms with E-state index in [1.807, 2.05) is 25.1 Å². The summed E-state index contributed by atoms with van der Waals surface area (Å²) in [4.78, 5) is 25.3. The molecule has 112 valence electrons. The number of nitrogens with one attached hydrogen (secondary N) is 1. The van der Waals surface area contributed by atoms with Gasteiger partial charge in [-0.25, -0.2) is 0 Å². The summed E-state index contributed by atoms with van der Waals surface area (Å²) in [5.74, 6) is -1.01. The molecule has 1 N–H and O–H groups in total. The van der Waals surface area contributed by atoms with Gasteiger partial charge in [-0.3, -0.25) is 9.59 Å². The van der Waals surface area contributed by atoms with Crippen LogP contribution in [0, 0.1) is 11.8 Å². The van der Waals surface area contributed by atoms with Crippen LogP contribution in [0.15, 0.2) is 30.3 Å². The number of carbonyl (C=O) groups excluding carboxylic acids is 2. The van der Waals surface area contributed by atoms with Gasteiger partial charge in [0.15, 0.2) is 5.60 Å². The molecule has 0 aliphatic carbocycles. The second kappa shape index (κ2) is 4.95. The summed E-state index contributed by atoms with van der Waals surface area (Å²) in [5, 5.41) is 0. The molecule has 4 heteroatoms. The number of piperidine rings is 1. The third-order valence-corrected chi connectivity index (χ3v) is 5.13. The van der Waals surface area contributed by atoms with Gasteiger partial charge in [0.1, 0.15) is 24.3 Å². The van der Waals surface area contributed by atoms with Gasteiger partial charge in [0.25, 0.3) is 0 Å². The van der Waals surface area contributed by atoms with Crippen LogP contribution >= 0.6 is 0 Å². The maximum atomic E-state index is 12.1. The number of quaternary nitrogens is 1. The molecule has 5 atom stereocenters. The molecule has 3 rings (SSSR count). The Morgan fingerprint density at radius 2 is 2.00 bits per heavy atom. The van der Waals surface area contributed by atoms with Crippen molar-refractivity contribution in [1.29, 1.82) is 0 Å². The van der Waals surface area contributed by atoms with Gasteiger partial charge in [0.05, 0.1) is 7.05 Å². The predicted molar refractivity (Wildman–Crippen MR) is 77.7 cm³/mol. The van der Waals surface area contributed by atoms with Crippen molar-refractivity contribution < 1.29 is 19.2 Å². The number of esters is 1. The van der Waals surface area contributed by atoms with Crippen molar-refractivity contribution in [3.05, 3.63) is 35.9 Å². The first-order valence-electron chi connectivity index (χ1n) is 7.53. The van der Waals surface area contributed by atoms with Crippen LogP contribution in [0.25, 0.3) is 0 Å². The highest BCUT2D eigenvalue weighted by molar-refractivity contribution is 5.99. The third-order valence-electron chi connectivity index (χ3n) is 5.13. The highest BCUT2D eigenvalue weighted by Gasteiger charge is 2.60. The Morgan fingerprint density at radius 3 is 2.62 bits per heavy atom. The molecule has 1 unspecified atom stereocenters. The average molecular weight is 288 g/mol. The Labute approximate surface area is 125 Å². The Morgan fingerprint density at radius 1 is 1.33 bits per heavy atom. The fraction of sp³-hybridized carbons (Fsp3) is 0.529. The van der Waals surface area contributed by atoms with E-state index in [4.69, 9.17) is 4.74 Å². The van der Waals surface area contributed by atoms with E-state index in [2.05, 4.69) is 19.2 Å². The molecule has 2 fully saturated rings. The first-order chi connectivity index (χ1) is 9.92. The van der Waals surface area contributed by atoms with Gasteiger partial charge >= 0.3 is 5.97 Å². The second-order valence-electron chi connectivity index (χ2n) is 6.65. The molecule has 0 radical (unpaired) electrons. The lowest BCUT2D eigenvalue weighted by atomic mass is 9.72. The SMILES string of the molecule is CC(=O)[C@H]1C(=O)O[C@@]2(C)C[NH+](C)[C@@H](c3ccccc3)C[C@H]12. The highest BCUT2D eigenvalue weighted by Crippen LogP contribution is 2.43. The summed E-state index contributed by atoms with van der Waals surface area (Å²) in [6, 6.07) is 10.6. The summed E-state index contributed by atoms with van der Waals surface area (Å²) in [6.07, 6.45) is 0.808. The molecule has 2 aliphatic heterocycles. The Bertz CT molecular complexity index is 571. The second-order valence-corrected chi connectivity index (χ2v) is 6.65. The van der Waals surface area contributed by atoms with Crippen LogP contribution in [-0.4, -0.2) is 30.9 Å². The van der Waals surface area contributed by atoms with Crippen molar-refractivity contribution in [2.75, 3.05) is 13.6 Å². The van der Waals surface area contributed by atoms with Gasteiger partial charge in [0.2, 0.25) is 0 Å². The van der Waals surface area contributed by atoms with Crippen LogP contribution in [0.1, 0.15) is 31.9 Å². The standard InChI is InChI=1S/C17H21NO3/c1-11(19)15-13-9-14(12-7-5-4-6-8-12)18(3)10-17(13,2)21-16(15)20/h4-8,13-15H,9-10H2,1-3H3/p+1/t13-,14-,15-,17+/m1/s1. The highest BCUT2D eigenvalue weighted by atomic mass is 16.6. The van der Waals surface area contributed by atoms with Crippen LogP contribution in [0.4, 0.5) is 0 Å². The molecule has 2 heterocycles. The third kappa shape index (κ3) is 2.27. The predicted octanol–water partition coefficient (Wildman–Crippen LogP) is 0.783. The summed E-state index contributed by atoms with van der Waals surface area (Å²) in [5.41, 5.74) is 0.752. The Kier molecular flexibility index (Phi) is 3.36. The summed E-state index contributed by atoms with van der Waals surface area (Å²) >= 11 is 0. The van der Waals surface area contributed by atoms with Gasteiger partial charge in [-0.1, -0.05) is 30.3 Å². The number of likely N-dealkylation sites (tertiary alicyclic amines) is 1. The zero-order valence-corrected chi connectivity index (χ0v) is 12.8. The molecule has 0 saturated carbocycles. The van der Waals surface area contributed by atoms with Gasteiger partial charge in [-0.2, -0.15) is 0 Å². The van der Waals surface area contributed by atoms with Gasteiger partial charge in [0, 0.05) is 17.9 Å². The number of hydrogen-bond donors (Lipinski definition) is 1. The lowest BCUT2D eigenvalue weighted by Crippen LogP contribution is -3.13. The van der Waals surface area contributed by atoms with Crippen molar-refractivity contribution >= 4 is 11.8 Å². The Balaban J connectivity index is 1.93. The maximum Gasteiger partial charge on any atom is 0.317 e. The van der Waals surface area contributed by atoms with Crippen molar-refractivity contribution in [3.63, 3.8) is 0 Å². The zero-order valence-electron chi connectivity index (χ0n) is 12.8. The van der Waals surface area contributed by atoms with Crippen molar-refractivity contribution in [2.45, 2.75) is 31.9 Å². The number of ketones is 1. The van der Waals surface area contributed by atoms with E-state index in [-0.39, 0.29) is 17.7 Å². The van der Waals surface area contributed by atoms with E-state index in [1.54, 1.807) is 0 Å². The first kappa shape index (κ1) is 14.3. The minimum absolute atomic E-state index is 0.0172. The molecule has 21 heavy (non-hydrogen) atoms. The van der Waals surface area contributed by atoms with Crippen LogP contribution in [0.5, 0.6) is 0 Å². The van der Waals surface area contributed by atoms with Crippen LogP contribution in [-0.2, 0) is 14.3 Å². The molecule has 0 bridgehead atoms. The fourth-order valence-electron chi connectivity index (χ4n) is 4.13.